The molecule has 2 aromatic carbocycles. The first-order valence-corrected chi connectivity index (χ1v) is 7.86. The van der Waals surface area contributed by atoms with Gasteiger partial charge in [-0.05, 0) is 36.6 Å². The Balaban J connectivity index is 0.00000288. The second-order valence-corrected chi connectivity index (χ2v) is 5.84. The summed E-state index contributed by atoms with van der Waals surface area (Å²) in [6.07, 6.45) is 0.294. The van der Waals surface area contributed by atoms with Crippen LogP contribution >= 0.6 is 12.4 Å². The number of hydrogen-bond acceptors (Lipinski definition) is 4. The molecule has 5 heteroatoms. The predicted octanol–water partition coefficient (Wildman–Crippen LogP) is 3.21. The summed E-state index contributed by atoms with van der Waals surface area (Å²) in [5.74, 6) is 0.188. The number of aliphatic hydroxyl groups is 1. The minimum absolute atomic E-state index is 0. The fourth-order valence-electron chi connectivity index (χ4n) is 2.55. The van der Waals surface area contributed by atoms with E-state index in [1.165, 1.54) is 5.56 Å². The lowest BCUT2D eigenvalue weighted by Gasteiger charge is -2.18. The molecule has 2 atom stereocenters. The minimum atomic E-state index is -0.621. The van der Waals surface area contributed by atoms with E-state index in [2.05, 4.69) is 24.4 Å². The standard InChI is InChI=1S/C19H25NO3.ClH/c1-14(10-15-6-4-3-5-7-15)20-12-19(22)16-8-9-18(21)17(11-16)13-23-2;/h3-9,11,14,19-22H,10,12-13H2,1-2H3;1H. The van der Waals surface area contributed by atoms with Gasteiger partial charge in [-0.25, -0.2) is 0 Å². The SMILES string of the molecule is COCc1cc(C(O)CNC(C)Cc2ccccc2)ccc1O.Cl. The first-order chi connectivity index (χ1) is 11.1. The van der Waals surface area contributed by atoms with E-state index in [1.807, 2.05) is 18.2 Å². The highest BCUT2D eigenvalue weighted by molar-refractivity contribution is 5.85. The van der Waals surface area contributed by atoms with Crippen LogP contribution in [0, 0.1) is 0 Å². The molecule has 2 unspecified atom stereocenters. The maximum atomic E-state index is 10.3. The second kappa shape index (κ2) is 10.3. The average Bonchev–Trinajstić information content (AvgIpc) is 2.56. The summed E-state index contributed by atoms with van der Waals surface area (Å²) >= 11 is 0. The molecule has 0 radical (unpaired) electrons. The van der Waals surface area contributed by atoms with E-state index >= 15 is 0 Å². The molecule has 132 valence electrons. The van der Waals surface area contributed by atoms with E-state index in [0.29, 0.717) is 18.7 Å². The zero-order valence-corrected chi connectivity index (χ0v) is 14.9. The number of ether oxygens (including phenoxy) is 1. The Morgan fingerprint density at radius 1 is 1.12 bits per heavy atom. The van der Waals surface area contributed by atoms with Crippen molar-refractivity contribution in [1.29, 1.82) is 0 Å². The fraction of sp³-hybridized carbons (Fsp3) is 0.368. The molecule has 0 spiro atoms. The first-order valence-electron chi connectivity index (χ1n) is 7.86. The van der Waals surface area contributed by atoms with Gasteiger partial charge in [0, 0.05) is 25.3 Å². The van der Waals surface area contributed by atoms with Gasteiger partial charge in [0.25, 0.3) is 0 Å². The molecule has 2 aromatic rings. The summed E-state index contributed by atoms with van der Waals surface area (Å²) in [6, 6.07) is 15.7. The number of hydrogen-bond donors (Lipinski definition) is 3. The summed E-state index contributed by atoms with van der Waals surface area (Å²) in [4.78, 5) is 0. The summed E-state index contributed by atoms with van der Waals surface area (Å²) in [5, 5.41) is 23.4. The van der Waals surface area contributed by atoms with Gasteiger partial charge in [0.15, 0.2) is 0 Å². The van der Waals surface area contributed by atoms with Crippen molar-refractivity contribution < 1.29 is 14.9 Å². The highest BCUT2D eigenvalue weighted by Gasteiger charge is 2.12. The number of aliphatic hydroxyl groups excluding tert-OH is 1. The van der Waals surface area contributed by atoms with E-state index in [4.69, 9.17) is 4.74 Å². The van der Waals surface area contributed by atoms with Crippen LogP contribution < -0.4 is 5.32 Å². The predicted molar refractivity (Wildman–Crippen MR) is 98.6 cm³/mol. The Bertz CT molecular complexity index is 607. The lowest BCUT2D eigenvalue weighted by Crippen LogP contribution is -2.32. The zero-order valence-electron chi connectivity index (χ0n) is 14.1. The molecule has 0 aliphatic carbocycles. The molecule has 4 nitrogen and oxygen atoms in total. The van der Waals surface area contributed by atoms with E-state index in [9.17, 15) is 10.2 Å². The molecule has 0 saturated carbocycles. The third-order valence-electron chi connectivity index (χ3n) is 3.83. The Morgan fingerprint density at radius 2 is 1.83 bits per heavy atom. The number of rotatable bonds is 8. The van der Waals surface area contributed by atoms with Crippen molar-refractivity contribution >= 4 is 12.4 Å². The zero-order chi connectivity index (χ0) is 16.7. The van der Waals surface area contributed by atoms with Gasteiger partial charge >= 0.3 is 0 Å². The summed E-state index contributed by atoms with van der Waals surface area (Å²) < 4.78 is 5.05. The number of halogens is 1. The van der Waals surface area contributed by atoms with Crippen molar-refractivity contribution in [3.63, 3.8) is 0 Å². The summed E-state index contributed by atoms with van der Waals surface area (Å²) in [5.41, 5.74) is 2.73. The molecular weight excluding hydrogens is 326 g/mol. The van der Waals surface area contributed by atoms with E-state index in [0.717, 1.165) is 12.0 Å². The monoisotopic (exact) mass is 351 g/mol. The van der Waals surface area contributed by atoms with E-state index in [-0.39, 0.29) is 24.2 Å². The van der Waals surface area contributed by atoms with E-state index in [1.54, 1.807) is 25.3 Å². The highest BCUT2D eigenvalue weighted by Crippen LogP contribution is 2.23. The molecule has 0 saturated heterocycles. The minimum Gasteiger partial charge on any atom is -0.508 e. The van der Waals surface area contributed by atoms with Gasteiger partial charge in [-0.3, -0.25) is 0 Å². The number of benzene rings is 2. The maximum absolute atomic E-state index is 10.3. The molecule has 0 aliphatic heterocycles. The Labute approximate surface area is 149 Å². The van der Waals surface area contributed by atoms with Gasteiger partial charge < -0.3 is 20.3 Å². The van der Waals surface area contributed by atoms with Crippen molar-refractivity contribution in [1.82, 2.24) is 5.32 Å². The largest absolute Gasteiger partial charge is 0.508 e. The van der Waals surface area contributed by atoms with Gasteiger partial charge in [0.1, 0.15) is 5.75 Å². The summed E-state index contributed by atoms with van der Waals surface area (Å²) in [7, 11) is 1.58. The molecule has 0 aliphatic rings. The van der Waals surface area contributed by atoms with Gasteiger partial charge in [-0.15, -0.1) is 12.4 Å². The van der Waals surface area contributed by atoms with Gasteiger partial charge in [0.2, 0.25) is 0 Å². The van der Waals surface area contributed by atoms with Crippen molar-refractivity contribution in [3.8, 4) is 5.75 Å². The van der Waals surface area contributed by atoms with Crippen LogP contribution in [0.1, 0.15) is 29.7 Å². The van der Waals surface area contributed by atoms with Crippen molar-refractivity contribution in [3.05, 3.63) is 65.2 Å². The van der Waals surface area contributed by atoms with Crippen LogP contribution in [-0.2, 0) is 17.8 Å². The van der Waals surface area contributed by atoms with Crippen LogP contribution in [0.3, 0.4) is 0 Å². The molecule has 0 amide bonds. The summed E-state index contributed by atoms with van der Waals surface area (Å²) in [6.45, 7) is 2.89. The van der Waals surface area contributed by atoms with Crippen molar-refractivity contribution in [2.45, 2.75) is 32.1 Å². The van der Waals surface area contributed by atoms with Crippen LogP contribution in [0.4, 0.5) is 0 Å². The van der Waals surface area contributed by atoms with Crippen LogP contribution in [0.15, 0.2) is 48.5 Å². The topological polar surface area (TPSA) is 61.7 Å². The Morgan fingerprint density at radius 3 is 2.50 bits per heavy atom. The molecule has 2 rings (SSSR count). The van der Waals surface area contributed by atoms with Crippen LogP contribution in [0.25, 0.3) is 0 Å². The Kier molecular flexibility index (Phi) is 8.79. The molecular formula is C19H26ClNO3. The van der Waals surface area contributed by atoms with E-state index < -0.39 is 6.10 Å². The third kappa shape index (κ3) is 6.13. The normalized spacial score (nSPS) is 13.1. The Hall–Kier alpha value is -1.59. The maximum Gasteiger partial charge on any atom is 0.121 e. The number of phenols is 1. The second-order valence-electron chi connectivity index (χ2n) is 5.84. The fourth-order valence-corrected chi connectivity index (χ4v) is 2.55. The van der Waals surface area contributed by atoms with Crippen LogP contribution in [-0.4, -0.2) is 29.9 Å². The molecule has 3 N–H and O–H groups in total. The van der Waals surface area contributed by atoms with Gasteiger partial charge in [0.05, 0.1) is 12.7 Å². The molecule has 0 bridgehead atoms. The number of aromatic hydroxyl groups is 1. The molecule has 24 heavy (non-hydrogen) atoms. The van der Waals surface area contributed by atoms with Crippen LogP contribution in [0.5, 0.6) is 5.75 Å². The number of methoxy groups -OCH3 is 1. The van der Waals surface area contributed by atoms with Crippen LogP contribution in [0.2, 0.25) is 0 Å². The van der Waals surface area contributed by atoms with Crippen molar-refractivity contribution in [2.75, 3.05) is 13.7 Å². The average molecular weight is 352 g/mol. The van der Waals surface area contributed by atoms with Gasteiger partial charge in [-0.1, -0.05) is 36.4 Å². The third-order valence-corrected chi connectivity index (χ3v) is 3.83. The molecule has 0 aromatic heterocycles. The number of nitrogens with one attached hydrogen (secondary N) is 1. The number of phenolic OH excluding ortho intramolecular Hbond substituents is 1. The van der Waals surface area contributed by atoms with Crippen molar-refractivity contribution in [2.24, 2.45) is 0 Å². The highest BCUT2D eigenvalue weighted by atomic mass is 35.5. The quantitative estimate of drug-likeness (QED) is 0.683. The smallest absolute Gasteiger partial charge is 0.121 e. The lowest BCUT2D eigenvalue weighted by molar-refractivity contribution is 0.168. The van der Waals surface area contributed by atoms with Gasteiger partial charge in [-0.2, -0.15) is 0 Å². The lowest BCUT2D eigenvalue weighted by atomic mass is 10.0. The first kappa shape index (κ1) is 20.5. The molecule has 0 fully saturated rings. The molecule has 0 heterocycles.